The average Bonchev–Trinajstić information content (AvgIpc) is 3.75. The minimum absolute atomic E-state index is 0.883. The lowest BCUT2D eigenvalue weighted by atomic mass is 9.99. The van der Waals surface area contributed by atoms with E-state index in [-0.39, 0.29) is 0 Å². The van der Waals surface area contributed by atoms with E-state index in [1.807, 2.05) is 11.3 Å². The second-order valence-corrected chi connectivity index (χ2v) is 13.6. The van der Waals surface area contributed by atoms with Gasteiger partial charge in [-0.2, -0.15) is 0 Å². The third-order valence-electron chi connectivity index (χ3n) is 9.64. The Hall–Kier alpha value is -6.16. The lowest BCUT2D eigenvalue weighted by molar-refractivity contribution is 0.670. The summed E-state index contributed by atoms with van der Waals surface area (Å²) in [6.45, 7) is 0. The van der Waals surface area contributed by atoms with Gasteiger partial charge in [0.05, 0.1) is 16.8 Å². The number of hydrogen-bond acceptors (Lipinski definition) is 3. The van der Waals surface area contributed by atoms with Crippen molar-refractivity contribution in [2.75, 3.05) is 4.90 Å². The Bertz CT molecular complexity index is 2830. The SMILES string of the molecule is c1ccc(-c2ccc3c(c2)sc2cccc(N(c4ccc5ccccc5c4)c4ccc(-c5ccccc5)c5oc6ccccc6c45)c23)cc1. The molecule has 0 fully saturated rings. The van der Waals surface area contributed by atoms with Crippen LogP contribution in [0.15, 0.2) is 180 Å². The van der Waals surface area contributed by atoms with Crippen LogP contribution in [-0.2, 0) is 0 Å². The fourth-order valence-corrected chi connectivity index (χ4v) is 8.54. The molecule has 230 valence electrons. The first kappa shape index (κ1) is 27.9. The summed E-state index contributed by atoms with van der Waals surface area (Å²) >= 11 is 1.86. The van der Waals surface area contributed by atoms with Crippen LogP contribution < -0.4 is 4.90 Å². The Kier molecular flexibility index (Phi) is 6.39. The maximum atomic E-state index is 6.74. The van der Waals surface area contributed by atoms with Gasteiger partial charge in [-0.1, -0.05) is 127 Å². The standard InChI is InChI=1S/C46H29NOS/c1-3-12-30(13-4-1)34-23-25-38-43(29-34)49-42-21-11-19-39(44(38)42)47(35-24-22-31-14-7-8-17-33(31)28-35)40-27-26-36(32-15-5-2-6-16-32)46-45(40)37-18-9-10-20-41(37)48-46/h1-29H. The number of thiophene rings is 1. The van der Waals surface area contributed by atoms with E-state index in [2.05, 4.69) is 181 Å². The summed E-state index contributed by atoms with van der Waals surface area (Å²) in [6, 6.07) is 63.1. The first-order chi connectivity index (χ1) is 24.3. The average molecular weight is 644 g/mol. The molecule has 0 atom stereocenters. The van der Waals surface area contributed by atoms with Gasteiger partial charge in [-0.05, 0) is 76.0 Å². The van der Waals surface area contributed by atoms with E-state index in [0.717, 1.165) is 50.1 Å². The minimum atomic E-state index is 0.883. The molecule has 8 aromatic carbocycles. The van der Waals surface area contributed by atoms with Crippen molar-refractivity contribution in [3.63, 3.8) is 0 Å². The summed E-state index contributed by atoms with van der Waals surface area (Å²) < 4.78 is 9.28. The zero-order chi connectivity index (χ0) is 32.3. The van der Waals surface area contributed by atoms with Crippen molar-refractivity contribution in [2.45, 2.75) is 0 Å². The largest absolute Gasteiger partial charge is 0.455 e. The fraction of sp³-hybridized carbons (Fsp3) is 0. The van der Waals surface area contributed by atoms with E-state index in [0.29, 0.717) is 0 Å². The van der Waals surface area contributed by atoms with Crippen molar-refractivity contribution in [3.05, 3.63) is 176 Å². The molecule has 0 N–H and O–H groups in total. The number of benzene rings is 8. The van der Waals surface area contributed by atoms with Crippen LogP contribution in [0, 0.1) is 0 Å². The summed E-state index contributed by atoms with van der Waals surface area (Å²) in [7, 11) is 0. The van der Waals surface area contributed by atoms with Crippen molar-refractivity contribution in [1.82, 2.24) is 0 Å². The van der Waals surface area contributed by atoms with Crippen LogP contribution >= 0.6 is 11.3 Å². The van der Waals surface area contributed by atoms with Gasteiger partial charge in [0.25, 0.3) is 0 Å². The maximum absolute atomic E-state index is 6.74. The van der Waals surface area contributed by atoms with E-state index >= 15 is 0 Å². The summed E-state index contributed by atoms with van der Waals surface area (Å²) in [4.78, 5) is 2.45. The monoisotopic (exact) mass is 643 g/mol. The fourth-order valence-electron chi connectivity index (χ4n) is 7.37. The lowest BCUT2D eigenvalue weighted by Crippen LogP contribution is -2.11. The smallest absolute Gasteiger partial charge is 0.145 e. The van der Waals surface area contributed by atoms with Gasteiger partial charge >= 0.3 is 0 Å². The first-order valence-electron chi connectivity index (χ1n) is 16.6. The summed E-state index contributed by atoms with van der Waals surface area (Å²) in [5.41, 5.74) is 9.79. The molecule has 49 heavy (non-hydrogen) atoms. The Morgan fingerprint density at radius 2 is 1.16 bits per heavy atom. The molecular weight excluding hydrogens is 615 g/mol. The molecular formula is C46H29NOS. The van der Waals surface area contributed by atoms with Crippen LogP contribution in [0.5, 0.6) is 0 Å². The number of nitrogens with zero attached hydrogens (tertiary/aromatic N) is 1. The van der Waals surface area contributed by atoms with Crippen LogP contribution in [0.25, 0.3) is 75.1 Å². The van der Waals surface area contributed by atoms with Crippen LogP contribution in [0.3, 0.4) is 0 Å². The zero-order valence-electron chi connectivity index (χ0n) is 26.5. The highest BCUT2D eigenvalue weighted by atomic mass is 32.1. The molecule has 3 heteroatoms. The normalized spacial score (nSPS) is 11.7. The van der Waals surface area contributed by atoms with Gasteiger partial charge in [0, 0.05) is 36.8 Å². The van der Waals surface area contributed by atoms with Crippen molar-refractivity contribution in [3.8, 4) is 22.3 Å². The molecule has 0 spiro atoms. The number of rotatable bonds is 5. The molecule has 2 nitrogen and oxygen atoms in total. The van der Waals surface area contributed by atoms with Gasteiger partial charge < -0.3 is 9.32 Å². The van der Waals surface area contributed by atoms with Crippen molar-refractivity contribution in [1.29, 1.82) is 0 Å². The molecule has 0 amide bonds. The Labute approximate surface area is 287 Å². The summed E-state index contributed by atoms with van der Waals surface area (Å²) in [5, 5.41) is 7.14. The molecule has 10 aromatic rings. The molecule has 10 rings (SSSR count). The van der Waals surface area contributed by atoms with Crippen molar-refractivity contribution < 1.29 is 4.42 Å². The Morgan fingerprint density at radius 1 is 0.429 bits per heavy atom. The quantitative estimate of drug-likeness (QED) is 0.186. The van der Waals surface area contributed by atoms with Gasteiger partial charge in [0.15, 0.2) is 0 Å². The number of furan rings is 1. The summed E-state index contributed by atoms with van der Waals surface area (Å²) in [5.74, 6) is 0. The van der Waals surface area contributed by atoms with E-state index in [9.17, 15) is 0 Å². The Morgan fingerprint density at radius 3 is 2.02 bits per heavy atom. The van der Waals surface area contributed by atoms with Gasteiger partial charge in [-0.15, -0.1) is 11.3 Å². The molecule has 0 aliphatic heterocycles. The van der Waals surface area contributed by atoms with Crippen LogP contribution in [-0.4, -0.2) is 0 Å². The van der Waals surface area contributed by atoms with E-state index in [1.54, 1.807) is 0 Å². The summed E-state index contributed by atoms with van der Waals surface area (Å²) in [6.07, 6.45) is 0. The molecule has 0 aliphatic carbocycles. The third kappa shape index (κ3) is 4.55. The predicted octanol–water partition coefficient (Wildman–Crippen LogP) is 13.9. The second kappa shape index (κ2) is 11.2. The zero-order valence-corrected chi connectivity index (χ0v) is 27.3. The highest BCUT2D eigenvalue weighted by Gasteiger charge is 2.24. The van der Waals surface area contributed by atoms with Gasteiger partial charge in [0.1, 0.15) is 11.2 Å². The van der Waals surface area contributed by atoms with E-state index in [1.165, 1.54) is 42.1 Å². The predicted molar refractivity (Wildman–Crippen MR) is 210 cm³/mol. The Balaban J connectivity index is 1.29. The third-order valence-corrected chi connectivity index (χ3v) is 10.8. The number of hydrogen-bond donors (Lipinski definition) is 0. The number of para-hydroxylation sites is 1. The van der Waals surface area contributed by atoms with Gasteiger partial charge in [-0.25, -0.2) is 0 Å². The molecule has 0 saturated carbocycles. The van der Waals surface area contributed by atoms with Gasteiger partial charge in [-0.3, -0.25) is 0 Å². The lowest BCUT2D eigenvalue weighted by Gasteiger charge is -2.28. The molecule has 0 bridgehead atoms. The molecule has 0 saturated heterocycles. The number of anilines is 3. The van der Waals surface area contributed by atoms with Crippen LogP contribution in [0.1, 0.15) is 0 Å². The molecule has 0 radical (unpaired) electrons. The molecule has 0 unspecified atom stereocenters. The molecule has 2 aromatic heterocycles. The highest BCUT2D eigenvalue weighted by Crippen LogP contribution is 2.50. The topological polar surface area (TPSA) is 16.4 Å². The second-order valence-electron chi connectivity index (χ2n) is 12.5. The van der Waals surface area contributed by atoms with Gasteiger partial charge in [0.2, 0.25) is 0 Å². The number of fused-ring (bicyclic) bond motifs is 7. The minimum Gasteiger partial charge on any atom is -0.455 e. The van der Waals surface area contributed by atoms with Crippen LogP contribution in [0.2, 0.25) is 0 Å². The highest BCUT2D eigenvalue weighted by molar-refractivity contribution is 7.26. The van der Waals surface area contributed by atoms with Crippen molar-refractivity contribution >= 4 is 81.3 Å². The van der Waals surface area contributed by atoms with E-state index in [4.69, 9.17) is 4.42 Å². The first-order valence-corrected chi connectivity index (χ1v) is 17.4. The van der Waals surface area contributed by atoms with E-state index < -0.39 is 0 Å². The van der Waals surface area contributed by atoms with Crippen molar-refractivity contribution in [2.24, 2.45) is 0 Å². The maximum Gasteiger partial charge on any atom is 0.145 e. The van der Waals surface area contributed by atoms with Crippen LogP contribution in [0.4, 0.5) is 17.1 Å². The molecule has 2 heterocycles. The molecule has 0 aliphatic rings.